The van der Waals surface area contributed by atoms with Crippen LogP contribution in [0, 0.1) is 5.92 Å². The van der Waals surface area contributed by atoms with Crippen molar-refractivity contribution in [2.45, 2.75) is 58.5 Å². The highest BCUT2D eigenvalue weighted by Crippen LogP contribution is 2.35. The van der Waals surface area contributed by atoms with E-state index in [9.17, 15) is 9.59 Å². The van der Waals surface area contributed by atoms with Gasteiger partial charge in [0.2, 0.25) is 0 Å². The predicted octanol–water partition coefficient (Wildman–Crippen LogP) is 5.11. The Morgan fingerprint density at radius 3 is 2.29 bits per heavy atom. The maximum absolute atomic E-state index is 13.4. The number of amides is 2. The first-order valence-electron chi connectivity index (χ1n) is 12.8. The van der Waals surface area contributed by atoms with Gasteiger partial charge in [-0.2, -0.15) is 0 Å². The van der Waals surface area contributed by atoms with E-state index in [1.165, 1.54) is 5.56 Å². The molecular weight excluding hydrogens is 438 g/mol. The van der Waals surface area contributed by atoms with Crippen LogP contribution in [0.2, 0.25) is 0 Å². The Hall–Kier alpha value is -3.12. The van der Waals surface area contributed by atoms with Gasteiger partial charge in [0.1, 0.15) is 22.7 Å². The fourth-order valence-electron chi connectivity index (χ4n) is 4.96. The monoisotopic (exact) mass is 475 g/mol. The number of unbranched alkanes of at least 4 members (excludes halogenated alkanes) is 1. The van der Waals surface area contributed by atoms with Gasteiger partial charge in [-0.3, -0.25) is 14.5 Å². The standard InChI is InChI=1S/C29H37N3O3/c1-4-5-17-32-27(33)26(20-22(2)3)30-28(34)29(32)15-18-31(19-16-29)21-23-11-13-25(14-12-23)35-24-9-7-6-8-10-24/h6-14,20,22H,4-5,15-19,21H2,1-3H3,(H,30,34)/b26-20+. The first-order valence-corrected chi connectivity index (χ1v) is 12.8. The average molecular weight is 476 g/mol. The van der Waals surface area contributed by atoms with Crippen LogP contribution in [0.3, 0.4) is 0 Å². The molecule has 2 amide bonds. The number of rotatable bonds is 8. The molecule has 2 aromatic carbocycles. The molecule has 0 radical (unpaired) electrons. The molecule has 0 aliphatic carbocycles. The van der Waals surface area contributed by atoms with Crippen molar-refractivity contribution in [3.63, 3.8) is 0 Å². The molecule has 6 heteroatoms. The van der Waals surface area contributed by atoms with Crippen LogP contribution < -0.4 is 10.1 Å². The minimum absolute atomic E-state index is 0.0258. The van der Waals surface area contributed by atoms with Crippen LogP contribution in [0.4, 0.5) is 0 Å². The maximum Gasteiger partial charge on any atom is 0.270 e. The summed E-state index contributed by atoms with van der Waals surface area (Å²) in [7, 11) is 0. The molecule has 2 saturated heterocycles. The molecule has 1 N–H and O–H groups in total. The number of piperazine rings is 1. The Morgan fingerprint density at radius 2 is 1.66 bits per heavy atom. The molecule has 4 rings (SSSR count). The molecule has 0 saturated carbocycles. The lowest BCUT2D eigenvalue weighted by atomic mass is 9.82. The topological polar surface area (TPSA) is 61.9 Å². The Labute approximate surface area is 208 Å². The molecule has 2 heterocycles. The minimum atomic E-state index is -0.746. The molecule has 6 nitrogen and oxygen atoms in total. The third-order valence-electron chi connectivity index (χ3n) is 6.89. The highest BCUT2D eigenvalue weighted by atomic mass is 16.5. The number of piperidine rings is 1. The van der Waals surface area contributed by atoms with Crippen molar-refractivity contribution < 1.29 is 14.3 Å². The van der Waals surface area contributed by atoms with Crippen molar-refractivity contribution in [3.8, 4) is 11.5 Å². The molecule has 186 valence electrons. The lowest BCUT2D eigenvalue weighted by Gasteiger charge is -2.50. The molecule has 0 atom stereocenters. The van der Waals surface area contributed by atoms with Crippen molar-refractivity contribution in [1.82, 2.24) is 15.1 Å². The van der Waals surface area contributed by atoms with E-state index < -0.39 is 5.54 Å². The lowest BCUT2D eigenvalue weighted by Crippen LogP contribution is -2.69. The number of para-hydroxylation sites is 1. The van der Waals surface area contributed by atoms with E-state index in [0.29, 0.717) is 25.1 Å². The van der Waals surface area contributed by atoms with Crippen molar-refractivity contribution in [1.29, 1.82) is 0 Å². The summed E-state index contributed by atoms with van der Waals surface area (Å²) in [5.41, 5.74) is 0.896. The molecule has 0 aromatic heterocycles. The molecule has 2 aliphatic heterocycles. The Morgan fingerprint density at radius 1 is 1.00 bits per heavy atom. The lowest BCUT2D eigenvalue weighted by molar-refractivity contribution is -0.154. The summed E-state index contributed by atoms with van der Waals surface area (Å²) in [4.78, 5) is 30.9. The number of nitrogens with one attached hydrogen (secondary N) is 1. The number of carbonyl (C=O) groups excluding carboxylic acids is 2. The molecule has 2 aliphatic rings. The number of hydrogen-bond acceptors (Lipinski definition) is 4. The Balaban J connectivity index is 1.40. The molecule has 1 spiro atoms. The van der Waals surface area contributed by atoms with Gasteiger partial charge in [0.25, 0.3) is 11.8 Å². The summed E-state index contributed by atoms with van der Waals surface area (Å²) in [6.07, 6.45) is 5.06. The smallest absolute Gasteiger partial charge is 0.270 e. The van der Waals surface area contributed by atoms with Gasteiger partial charge in [-0.15, -0.1) is 0 Å². The summed E-state index contributed by atoms with van der Waals surface area (Å²) in [6, 6.07) is 17.9. The first-order chi connectivity index (χ1) is 16.9. The quantitative estimate of drug-likeness (QED) is 0.539. The molecule has 2 aromatic rings. The first kappa shape index (κ1) is 25.0. The van der Waals surface area contributed by atoms with Gasteiger partial charge in [0, 0.05) is 26.2 Å². The summed E-state index contributed by atoms with van der Waals surface area (Å²) < 4.78 is 5.90. The van der Waals surface area contributed by atoms with Gasteiger partial charge in [-0.1, -0.05) is 63.6 Å². The number of benzene rings is 2. The van der Waals surface area contributed by atoms with Crippen LogP contribution >= 0.6 is 0 Å². The van der Waals surface area contributed by atoms with Crippen LogP contribution in [-0.4, -0.2) is 46.8 Å². The highest BCUT2D eigenvalue weighted by molar-refractivity contribution is 6.06. The highest BCUT2D eigenvalue weighted by Gasteiger charge is 2.52. The van der Waals surface area contributed by atoms with Crippen LogP contribution in [0.5, 0.6) is 11.5 Å². The second-order valence-electron chi connectivity index (χ2n) is 9.96. The second kappa shape index (κ2) is 11.1. The third-order valence-corrected chi connectivity index (χ3v) is 6.89. The van der Waals surface area contributed by atoms with Gasteiger partial charge in [-0.25, -0.2) is 0 Å². The fraction of sp³-hybridized carbons (Fsp3) is 0.448. The Kier molecular flexibility index (Phi) is 7.91. The molecule has 0 bridgehead atoms. The van der Waals surface area contributed by atoms with Gasteiger partial charge in [0.05, 0.1) is 0 Å². The van der Waals surface area contributed by atoms with Crippen molar-refractivity contribution in [3.05, 3.63) is 71.9 Å². The van der Waals surface area contributed by atoms with E-state index in [-0.39, 0.29) is 17.7 Å². The normalized spacial score (nSPS) is 19.4. The number of likely N-dealkylation sites (tertiary alicyclic amines) is 1. The van der Waals surface area contributed by atoms with E-state index >= 15 is 0 Å². The van der Waals surface area contributed by atoms with Crippen LogP contribution in [-0.2, 0) is 16.1 Å². The van der Waals surface area contributed by atoms with Crippen LogP contribution in [0.15, 0.2) is 66.4 Å². The van der Waals surface area contributed by atoms with Crippen LogP contribution in [0.25, 0.3) is 0 Å². The number of carbonyl (C=O) groups is 2. The maximum atomic E-state index is 13.4. The minimum Gasteiger partial charge on any atom is -0.457 e. The summed E-state index contributed by atoms with van der Waals surface area (Å²) in [5.74, 6) is 1.77. The SMILES string of the molecule is CCCCN1C(=O)/C(=C\C(C)C)NC(=O)C12CCN(Cc1ccc(Oc3ccccc3)cc1)CC2. The van der Waals surface area contributed by atoms with Crippen molar-refractivity contribution in [2.24, 2.45) is 5.92 Å². The van der Waals surface area contributed by atoms with Gasteiger partial charge in [0.15, 0.2) is 0 Å². The second-order valence-corrected chi connectivity index (χ2v) is 9.96. The molecule has 35 heavy (non-hydrogen) atoms. The van der Waals surface area contributed by atoms with E-state index in [1.54, 1.807) is 0 Å². The van der Waals surface area contributed by atoms with E-state index in [0.717, 1.165) is 44.0 Å². The zero-order chi connectivity index (χ0) is 24.8. The Bertz CT molecular complexity index is 1040. The number of hydrogen-bond donors (Lipinski definition) is 1. The molecule has 0 unspecified atom stereocenters. The van der Waals surface area contributed by atoms with Crippen molar-refractivity contribution >= 4 is 11.8 Å². The van der Waals surface area contributed by atoms with Crippen LogP contribution in [0.1, 0.15) is 52.0 Å². The zero-order valence-corrected chi connectivity index (χ0v) is 21.1. The summed E-state index contributed by atoms with van der Waals surface area (Å²) in [5, 5.41) is 2.95. The zero-order valence-electron chi connectivity index (χ0n) is 21.1. The largest absolute Gasteiger partial charge is 0.457 e. The van der Waals surface area contributed by atoms with Crippen molar-refractivity contribution in [2.75, 3.05) is 19.6 Å². The van der Waals surface area contributed by atoms with Gasteiger partial charge in [-0.05, 0) is 55.0 Å². The summed E-state index contributed by atoms with van der Waals surface area (Å²) >= 11 is 0. The number of nitrogens with zero attached hydrogens (tertiary/aromatic N) is 2. The molecule has 2 fully saturated rings. The predicted molar refractivity (Wildman–Crippen MR) is 138 cm³/mol. The fourth-order valence-corrected chi connectivity index (χ4v) is 4.96. The number of ether oxygens (including phenoxy) is 1. The summed E-state index contributed by atoms with van der Waals surface area (Å²) in [6.45, 7) is 9.14. The van der Waals surface area contributed by atoms with E-state index in [1.807, 2.05) is 67.3 Å². The average Bonchev–Trinajstić information content (AvgIpc) is 2.85. The number of allylic oxidation sites excluding steroid dienone is 1. The third kappa shape index (κ3) is 5.76. The van der Waals surface area contributed by atoms with E-state index in [4.69, 9.17) is 4.74 Å². The van der Waals surface area contributed by atoms with Gasteiger partial charge < -0.3 is 15.0 Å². The molecular formula is C29H37N3O3. The van der Waals surface area contributed by atoms with Gasteiger partial charge >= 0.3 is 0 Å². The van der Waals surface area contributed by atoms with E-state index in [2.05, 4.69) is 29.3 Å².